The maximum Gasteiger partial charge on any atom is 0.0971 e. The van der Waals surface area contributed by atoms with Gasteiger partial charge in [0.05, 0.1) is 33.3 Å². The second-order valence-electron chi connectivity index (χ2n) is 10.8. The number of nitrogens with zero attached hydrogens (tertiary/aromatic N) is 3. The highest BCUT2D eigenvalue weighted by molar-refractivity contribution is 6.14. The standard InChI is InChI=1S/C39H25N3/c1-2-13-28(14-3-1)41-36-20-9-7-16-33(36)38-37(41)24-23-34(40-38)32-18-10-17-31-30-15-6-8-19-35(30)42(39(31)32)29-22-21-26-11-4-5-12-27(26)25-29/h1-25H. The molecular weight excluding hydrogens is 510 g/mol. The molecule has 42 heavy (non-hydrogen) atoms. The van der Waals surface area contributed by atoms with E-state index in [2.05, 4.69) is 161 Å². The molecule has 0 aliphatic heterocycles. The van der Waals surface area contributed by atoms with Crippen molar-refractivity contribution in [2.24, 2.45) is 0 Å². The number of benzene rings is 6. The van der Waals surface area contributed by atoms with E-state index in [1.54, 1.807) is 0 Å². The van der Waals surface area contributed by atoms with Gasteiger partial charge in [-0.1, -0.05) is 103 Å². The van der Waals surface area contributed by atoms with Crippen molar-refractivity contribution in [3.8, 4) is 22.6 Å². The molecule has 0 N–H and O–H groups in total. The van der Waals surface area contributed by atoms with Crippen molar-refractivity contribution in [2.45, 2.75) is 0 Å². The number of fused-ring (bicyclic) bond motifs is 7. The third-order valence-corrected chi connectivity index (χ3v) is 8.49. The Hall–Kier alpha value is -5.67. The zero-order chi connectivity index (χ0) is 27.6. The minimum atomic E-state index is 0.967. The molecule has 0 aliphatic rings. The van der Waals surface area contributed by atoms with Crippen molar-refractivity contribution in [3.63, 3.8) is 0 Å². The van der Waals surface area contributed by atoms with Gasteiger partial charge in [0.15, 0.2) is 0 Å². The van der Waals surface area contributed by atoms with E-state index >= 15 is 0 Å². The predicted molar refractivity (Wildman–Crippen MR) is 176 cm³/mol. The summed E-state index contributed by atoms with van der Waals surface area (Å²) in [6.45, 7) is 0. The minimum absolute atomic E-state index is 0.967. The number of pyridine rings is 1. The molecule has 0 amide bonds. The van der Waals surface area contributed by atoms with Crippen molar-refractivity contribution in [1.82, 2.24) is 14.1 Å². The van der Waals surface area contributed by atoms with Crippen LogP contribution in [0.25, 0.3) is 77.1 Å². The number of para-hydroxylation sites is 4. The van der Waals surface area contributed by atoms with Crippen LogP contribution in [0, 0.1) is 0 Å². The van der Waals surface area contributed by atoms with Gasteiger partial charge in [0.2, 0.25) is 0 Å². The van der Waals surface area contributed by atoms with Crippen LogP contribution in [-0.2, 0) is 0 Å². The summed E-state index contributed by atoms with van der Waals surface area (Å²) in [7, 11) is 0. The van der Waals surface area contributed by atoms with Gasteiger partial charge in [0.1, 0.15) is 0 Å². The lowest BCUT2D eigenvalue weighted by Gasteiger charge is -2.13. The normalized spacial score (nSPS) is 11.8. The summed E-state index contributed by atoms with van der Waals surface area (Å²) in [5, 5.41) is 6.09. The molecule has 0 saturated heterocycles. The van der Waals surface area contributed by atoms with Crippen LogP contribution >= 0.6 is 0 Å². The van der Waals surface area contributed by atoms with Gasteiger partial charge in [-0.15, -0.1) is 0 Å². The molecule has 0 saturated carbocycles. The first-order valence-electron chi connectivity index (χ1n) is 14.3. The summed E-state index contributed by atoms with van der Waals surface area (Å²) in [5.41, 5.74) is 10.0. The molecule has 3 heteroatoms. The van der Waals surface area contributed by atoms with Crippen molar-refractivity contribution >= 4 is 54.5 Å². The fourth-order valence-electron chi connectivity index (χ4n) is 6.64. The molecule has 0 fully saturated rings. The Bertz CT molecular complexity index is 2460. The molecule has 3 heterocycles. The zero-order valence-corrected chi connectivity index (χ0v) is 22.8. The largest absolute Gasteiger partial charge is 0.309 e. The maximum atomic E-state index is 5.39. The molecular formula is C39H25N3. The lowest BCUT2D eigenvalue weighted by atomic mass is 10.1. The Morgan fingerprint density at radius 3 is 1.95 bits per heavy atom. The van der Waals surface area contributed by atoms with Crippen molar-refractivity contribution in [3.05, 3.63) is 152 Å². The van der Waals surface area contributed by atoms with Gasteiger partial charge >= 0.3 is 0 Å². The monoisotopic (exact) mass is 535 g/mol. The highest BCUT2D eigenvalue weighted by Gasteiger charge is 2.19. The second-order valence-corrected chi connectivity index (χ2v) is 10.8. The van der Waals surface area contributed by atoms with Gasteiger partial charge < -0.3 is 9.13 Å². The summed E-state index contributed by atoms with van der Waals surface area (Å²) in [4.78, 5) is 5.39. The van der Waals surface area contributed by atoms with Crippen LogP contribution in [0.15, 0.2) is 152 Å². The Morgan fingerprint density at radius 1 is 0.405 bits per heavy atom. The molecule has 0 aliphatic carbocycles. The van der Waals surface area contributed by atoms with Crippen molar-refractivity contribution < 1.29 is 0 Å². The summed E-state index contributed by atoms with van der Waals surface area (Å²) in [5.74, 6) is 0. The van der Waals surface area contributed by atoms with E-state index in [0.29, 0.717) is 0 Å². The van der Waals surface area contributed by atoms with E-state index in [4.69, 9.17) is 4.98 Å². The molecule has 196 valence electrons. The first kappa shape index (κ1) is 23.1. The number of hydrogen-bond donors (Lipinski definition) is 0. The lowest BCUT2D eigenvalue weighted by Crippen LogP contribution is -1.97. The lowest BCUT2D eigenvalue weighted by molar-refractivity contribution is 1.17. The molecule has 6 aromatic carbocycles. The van der Waals surface area contributed by atoms with Gasteiger partial charge in [0.25, 0.3) is 0 Å². The Balaban J connectivity index is 1.36. The number of rotatable bonds is 3. The van der Waals surface area contributed by atoms with Crippen LogP contribution in [0.2, 0.25) is 0 Å². The molecule has 3 nitrogen and oxygen atoms in total. The van der Waals surface area contributed by atoms with E-state index in [0.717, 1.165) is 44.6 Å². The fourth-order valence-corrected chi connectivity index (χ4v) is 6.64. The molecule has 0 spiro atoms. The van der Waals surface area contributed by atoms with E-state index in [1.165, 1.54) is 32.6 Å². The zero-order valence-electron chi connectivity index (χ0n) is 22.8. The average molecular weight is 536 g/mol. The third-order valence-electron chi connectivity index (χ3n) is 8.49. The maximum absolute atomic E-state index is 5.39. The molecule has 0 atom stereocenters. The number of aromatic nitrogens is 3. The highest BCUT2D eigenvalue weighted by Crippen LogP contribution is 2.39. The van der Waals surface area contributed by atoms with Crippen molar-refractivity contribution in [2.75, 3.05) is 0 Å². The van der Waals surface area contributed by atoms with Crippen LogP contribution in [0.3, 0.4) is 0 Å². The molecule has 0 bridgehead atoms. The fraction of sp³-hybridized carbons (Fsp3) is 0. The topological polar surface area (TPSA) is 22.8 Å². The molecule has 9 rings (SSSR count). The van der Waals surface area contributed by atoms with Crippen LogP contribution in [0.1, 0.15) is 0 Å². The average Bonchev–Trinajstić information content (AvgIpc) is 3.58. The Morgan fingerprint density at radius 2 is 1.10 bits per heavy atom. The van der Waals surface area contributed by atoms with Gasteiger partial charge in [-0.05, 0) is 59.3 Å². The summed E-state index contributed by atoms with van der Waals surface area (Å²) < 4.78 is 4.72. The first-order chi connectivity index (χ1) is 20.8. The molecule has 0 unspecified atom stereocenters. The minimum Gasteiger partial charge on any atom is -0.309 e. The van der Waals surface area contributed by atoms with E-state index in [9.17, 15) is 0 Å². The molecule has 3 aromatic heterocycles. The van der Waals surface area contributed by atoms with Crippen LogP contribution in [0.4, 0.5) is 0 Å². The van der Waals surface area contributed by atoms with Gasteiger partial charge in [-0.2, -0.15) is 0 Å². The molecule has 9 aromatic rings. The summed E-state index contributed by atoms with van der Waals surface area (Å²) in [6.07, 6.45) is 0. The predicted octanol–water partition coefficient (Wildman–Crippen LogP) is 10.1. The van der Waals surface area contributed by atoms with E-state index in [1.807, 2.05) is 0 Å². The third kappa shape index (κ3) is 3.31. The second kappa shape index (κ2) is 8.92. The number of hydrogen-bond acceptors (Lipinski definition) is 1. The first-order valence-corrected chi connectivity index (χ1v) is 14.3. The van der Waals surface area contributed by atoms with Crippen LogP contribution < -0.4 is 0 Å². The Kier molecular flexibility index (Phi) is 4.90. The highest BCUT2D eigenvalue weighted by atomic mass is 15.0. The van der Waals surface area contributed by atoms with Crippen molar-refractivity contribution in [1.29, 1.82) is 0 Å². The quantitative estimate of drug-likeness (QED) is 0.221. The Labute approximate surface area is 242 Å². The van der Waals surface area contributed by atoms with E-state index in [-0.39, 0.29) is 0 Å². The van der Waals surface area contributed by atoms with Gasteiger partial charge in [-0.25, -0.2) is 4.98 Å². The molecule has 0 radical (unpaired) electrons. The van der Waals surface area contributed by atoms with Crippen LogP contribution in [-0.4, -0.2) is 14.1 Å². The smallest absolute Gasteiger partial charge is 0.0971 e. The van der Waals surface area contributed by atoms with Crippen LogP contribution in [0.5, 0.6) is 0 Å². The van der Waals surface area contributed by atoms with E-state index < -0.39 is 0 Å². The summed E-state index contributed by atoms with van der Waals surface area (Å²) >= 11 is 0. The van der Waals surface area contributed by atoms with Gasteiger partial charge in [0, 0.05) is 33.1 Å². The summed E-state index contributed by atoms with van der Waals surface area (Å²) in [6, 6.07) is 54.1. The van der Waals surface area contributed by atoms with Gasteiger partial charge in [-0.3, -0.25) is 0 Å². The SMILES string of the molecule is c1ccc(-n2c3ccccc3c3nc(-c4cccc5c6ccccc6n(-c6ccc7ccccc7c6)c45)ccc32)cc1.